The van der Waals surface area contributed by atoms with Crippen molar-refractivity contribution in [3.63, 3.8) is 0 Å². The maximum atomic E-state index is 12.2. The van der Waals surface area contributed by atoms with E-state index >= 15 is 0 Å². The van der Waals surface area contributed by atoms with Gasteiger partial charge in [0.05, 0.1) is 4.92 Å². The zero-order chi connectivity index (χ0) is 15.5. The van der Waals surface area contributed by atoms with E-state index in [0.717, 1.165) is 6.20 Å². The number of amides is 1. The highest BCUT2D eigenvalue weighted by Gasteiger charge is 2.24. The molecule has 0 unspecified atom stereocenters. The van der Waals surface area contributed by atoms with Crippen LogP contribution in [0.15, 0.2) is 6.20 Å². The quantitative estimate of drug-likeness (QED) is 0.678. The summed E-state index contributed by atoms with van der Waals surface area (Å²) in [6.45, 7) is 4.01. The first-order valence-electron chi connectivity index (χ1n) is 5.58. The van der Waals surface area contributed by atoms with E-state index in [2.05, 4.69) is 10.4 Å². The number of nitrogens with one attached hydrogen (secondary N) is 1. The molecular formula is C10H14F2N4O4. The molecule has 1 aromatic rings. The van der Waals surface area contributed by atoms with Crippen LogP contribution in [-0.2, 0) is 11.3 Å². The van der Waals surface area contributed by atoms with Gasteiger partial charge in [-0.2, -0.15) is 0 Å². The van der Waals surface area contributed by atoms with Crippen LogP contribution in [0.2, 0.25) is 0 Å². The minimum absolute atomic E-state index is 0.440. The van der Waals surface area contributed by atoms with Crippen molar-refractivity contribution in [3.05, 3.63) is 16.3 Å². The van der Waals surface area contributed by atoms with Gasteiger partial charge in [0.25, 0.3) is 6.43 Å². The zero-order valence-corrected chi connectivity index (χ0v) is 11.1. The van der Waals surface area contributed by atoms with E-state index in [-0.39, 0.29) is 0 Å². The fraction of sp³-hybridized carbons (Fsp3) is 0.600. The standard InChI is InChI=1S/C10H14F2N4O4/c1-10(2,3)20-9(17)13-8-6(16(18)19)4-15(14-8)5-7(11)12/h4,7H,5H2,1-3H3,(H,13,14,17). The summed E-state index contributed by atoms with van der Waals surface area (Å²) in [6.07, 6.45) is -2.86. The Hall–Kier alpha value is -2.26. The molecule has 1 aromatic heterocycles. The largest absolute Gasteiger partial charge is 0.444 e. The van der Waals surface area contributed by atoms with Gasteiger partial charge in [0.1, 0.15) is 18.3 Å². The number of anilines is 1. The average Bonchev–Trinajstić information content (AvgIpc) is 2.56. The Labute approximate surface area is 112 Å². The number of alkyl halides is 2. The van der Waals surface area contributed by atoms with E-state index in [1.807, 2.05) is 0 Å². The predicted octanol–water partition coefficient (Wildman–Crippen LogP) is 2.40. The second-order valence-corrected chi connectivity index (χ2v) is 4.86. The van der Waals surface area contributed by atoms with Crippen LogP contribution in [0.3, 0.4) is 0 Å². The van der Waals surface area contributed by atoms with Crippen molar-refractivity contribution >= 4 is 17.6 Å². The minimum Gasteiger partial charge on any atom is -0.444 e. The molecule has 112 valence electrons. The molecule has 0 saturated heterocycles. The van der Waals surface area contributed by atoms with Crippen LogP contribution < -0.4 is 5.32 Å². The molecule has 0 fully saturated rings. The number of carbonyl (C=O) groups is 1. The third-order valence-electron chi connectivity index (χ3n) is 1.88. The molecule has 0 aromatic carbocycles. The van der Waals surface area contributed by atoms with Gasteiger partial charge in [-0.05, 0) is 20.8 Å². The third-order valence-corrected chi connectivity index (χ3v) is 1.88. The second-order valence-electron chi connectivity index (χ2n) is 4.86. The number of aromatic nitrogens is 2. The molecule has 20 heavy (non-hydrogen) atoms. The number of hydrogen-bond donors (Lipinski definition) is 1. The lowest BCUT2D eigenvalue weighted by atomic mass is 10.2. The SMILES string of the molecule is CC(C)(C)OC(=O)Nc1nn(CC(F)F)cc1[N+](=O)[O-]. The van der Waals surface area contributed by atoms with Gasteiger partial charge in [0.2, 0.25) is 5.82 Å². The van der Waals surface area contributed by atoms with Gasteiger partial charge >= 0.3 is 11.8 Å². The van der Waals surface area contributed by atoms with Crippen LogP contribution in [0.4, 0.5) is 25.1 Å². The van der Waals surface area contributed by atoms with Gasteiger partial charge in [0, 0.05) is 0 Å². The molecule has 1 heterocycles. The first-order valence-corrected chi connectivity index (χ1v) is 5.58. The summed E-state index contributed by atoms with van der Waals surface area (Å²) < 4.78 is 30.0. The Bertz CT molecular complexity index is 510. The van der Waals surface area contributed by atoms with Crippen molar-refractivity contribution in [3.8, 4) is 0 Å². The number of halogens is 2. The van der Waals surface area contributed by atoms with Gasteiger partial charge in [-0.3, -0.25) is 20.1 Å². The number of carbonyl (C=O) groups excluding carboxylic acids is 1. The molecule has 0 atom stereocenters. The maximum absolute atomic E-state index is 12.2. The van der Waals surface area contributed by atoms with Gasteiger partial charge in [-0.1, -0.05) is 0 Å². The predicted molar refractivity (Wildman–Crippen MR) is 64.7 cm³/mol. The fourth-order valence-corrected chi connectivity index (χ4v) is 1.27. The van der Waals surface area contributed by atoms with Crippen LogP contribution >= 0.6 is 0 Å². The Morgan fingerprint density at radius 2 is 2.20 bits per heavy atom. The highest BCUT2D eigenvalue weighted by Crippen LogP contribution is 2.23. The summed E-state index contributed by atoms with van der Waals surface area (Å²) in [5.74, 6) is -0.440. The van der Waals surface area contributed by atoms with Crippen molar-refractivity contribution in [2.45, 2.75) is 39.3 Å². The molecule has 0 spiro atoms. The molecule has 1 N–H and O–H groups in total. The molecule has 0 bridgehead atoms. The highest BCUT2D eigenvalue weighted by molar-refractivity contribution is 5.86. The van der Waals surface area contributed by atoms with E-state index < -0.39 is 41.1 Å². The maximum Gasteiger partial charge on any atom is 0.413 e. The molecule has 8 nitrogen and oxygen atoms in total. The first-order chi connectivity index (χ1) is 9.08. The van der Waals surface area contributed by atoms with Crippen LogP contribution in [0.1, 0.15) is 20.8 Å². The molecule has 0 aliphatic heterocycles. The number of hydrogen-bond acceptors (Lipinski definition) is 5. The Balaban J connectivity index is 2.90. The van der Waals surface area contributed by atoms with E-state index in [1.165, 1.54) is 0 Å². The molecule has 0 saturated carbocycles. The molecule has 0 radical (unpaired) electrons. The Kier molecular flexibility index (Phi) is 4.58. The molecule has 0 aliphatic rings. The van der Waals surface area contributed by atoms with E-state index in [4.69, 9.17) is 4.74 Å². The van der Waals surface area contributed by atoms with Gasteiger partial charge in [-0.25, -0.2) is 13.6 Å². The van der Waals surface area contributed by atoms with Crippen LogP contribution in [0, 0.1) is 10.1 Å². The monoisotopic (exact) mass is 292 g/mol. The zero-order valence-electron chi connectivity index (χ0n) is 11.1. The molecular weight excluding hydrogens is 278 g/mol. The Morgan fingerprint density at radius 3 is 2.65 bits per heavy atom. The smallest absolute Gasteiger partial charge is 0.413 e. The van der Waals surface area contributed by atoms with Crippen molar-refractivity contribution < 1.29 is 23.2 Å². The van der Waals surface area contributed by atoms with Gasteiger partial charge in [-0.15, -0.1) is 5.10 Å². The van der Waals surface area contributed by atoms with Gasteiger partial charge < -0.3 is 4.74 Å². The van der Waals surface area contributed by atoms with E-state index in [9.17, 15) is 23.7 Å². The number of ether oxygens (including phenoxy) is 1. The lowest BCUT2D eigenvalue weighted by Gasteiger charge is -2.18. The first kappa shape index (κ1) is 15.8. The van der Waals surface area contributed by atoms with E-state index in [1.54, 1.807) is 20.8 Å². The molecule has 0 aliphatic carbocycles. The fourth-order valence-electron chi connectivity index (χ4n) is 1.27. The average molecular weight is 292 g/mol. The summed E-state index contributed by atoms with van der Waals surface area (Å²) in [7, 11) is 0. The summed E-state index contributed by atoms with van der Waals surface area (Å²) in [4.78, 5) is 21.4. The Morgan fingerprint density at radius 1 is 1.60 bits per heavy atom. The van der Waals surface area contributed by atoms with Gasteiger partial charge in [0.15, 0.2) is 0 Å². The van der Waals surface area contributed by atoms with E-state index in [0.29, 0.717) is 4.68 Å². The number of nitrogens with zero attached hydrogens (tertiary/aromatic N) is 3. The molecule has 1 rings (SSSR count). The lowest BCUT2D eigenvalue weighted by molar-refractivity contribution is -0.384. The van der Waals surface area contributed by atoms with Crippen LogP contribution in [0.25, 0.3) is 0 Å². The lowest BCUT2D eigenvalue weighted by Crippen LogP contribution is -2.27. The molecule has 1 amide bonds. The second kappa shape index (κ2) is 5.80. The normalized spacial score (nSPS) is 11.5. The highest BCUT2D eigenvalue weighted by atomic mass is 19.3. The summed E-state index contributed by atoms with van der Waals surface area (Å²) in [5.41, 5.74) is -1.39. The number of nitro groups is 1. The number of rotatable bonds is 4. The van der Waals surface area contributed by atoms with Crippen molar-refractivity contribution in [2.24, 2.45) is 0 Å². The van der Waals surface area contributed by atoms with Crippen LogP contribution in [-0.4, -0.2) is 32.8 Å². The minimum atomic E-state index is -2.72. The topological polar surface area (TPSA) is 99.3 Å². The summed E-state index contributed by atoms with van der Waals surface area (Å²) in [6, 6.07) is 0. The summed E-state index contributed by atoms with van der Waals surface area (Å²) >= 11 is 0. The molecule has 10 heteroatoms. The van der Waals surface area contributed by atoms with Crippen LogP contribution in [0.5, 0.6) is 0 Å². The van der Waals surface area contributed by atoms with Crippen molar-refractivity contribution in [2.75, 3.05) is 5.32 Å². The third kappa shape index (κ3) is 4.78. The van der Waals surface area contributed by atoms with Crippen molar-refractivity contribution in [1.29, 1.82) is 0 Å². The summed E-state index contributed by atoms with van der Waals surface area (Å²) in [5, 5.41) is 16.3. The van der Waals surface area contributed by atoms with Crippen molar-refractivity contribution in [1.82, 2.24) is 9.78 Å².